The van der Waals surface area contributed by atoms with E-state index < -0.39 is 0 Å². The number of benzene rings is 1. The van der Waals surface area contributed by atoms with Crippen molar-refractivity contribution in [1.82, 2.24) is 9.55 Å². The van der Waals surface area contributed by atoms with E-state index in [1.807, 2.05) is 30.5 Å². The average molecular weight is 280 g/mol. The molecular formula is C12H14BrN3. The van der Waals surface area contributed by atoms with Crippen LogP contribution in [0.3, 0.4) is 0 Å². The molecule has 1 aromatic carbocycles. The summed E-state index contributed by atoms with van der Waals surface area (Å²) in [7, 11) is 0. The molecule has 84 valence electrons. The number of hydrogen-bond acceptors (Lipinski definition) is 2. The van der Waals surface area contributed by atoms with E-state index in [4.69, 9.17) is 5.73 Å². The van der Waals surface area contributed by atoms with E-state index in [2.05, 4.69) is 32.4 Å². The molecule has 0 aliphatic rings. The minimum absolute atomic E-state index is 0.164. The summed E-state index contributed by atoms with van der Waals surface area (Å²) in [5.74, 6) is 0.907. The van der Waals surface area contributed by atoms with Crippen molar-refractivity contribution in [1.29, 1.82) is 0 Å². The van der Waals surface area contributed by atoms with E-state index >= 15 is 0 Å². The zero-order chi connectivity index (χ0) is 11.5. The Morgan fingerprint density at radius 2 is 2.06 bits per heavy atom. The standard InChI is InChI=1S/C12H14BrN3/c1-2-16-8-7-15-12(16)11(14)9-3-5-10(13)6-4-9/h3-8,11H,2,14H2,1H3. The van der Waals surface area contributed by atoms with Gasteiger partial charge in [0.25, 0.3) is 0 Å². The summed E-state index contributed by atoms with van der Waals surface area (Å²) in [6, 6.07) is 7.86. The lowest BCUT2D eigenvalue weighted by atomic mass is 10.1. The number of nitrogens with two attached hydrogens (primary N) is 1. The Bertz CT molecular complexity index is 461. The molecule has 0 aliphatic heterocycles. The number of nitrogens with zero attached hydrogens (tertiary/aromatic N) is 2. The third kappa shape index (κ3) is 2.18. The van der Waals surface area contributed by atoms with E-state index in [0.29, 0.717) is 0 Å². The second-order valence-electron chi connectivity index (χ2n) is 3.60. The van der Waals surface area contributed by atoms with E-state index in [9.17, 15) is 0 Å². The molecule has 3 nitrogen and oxygen atoms in total. The molecule has 0 saturated heterocycles. The smallest absolute Gasteiger partial charge is 0.130 e. The van der Waals surface area contributed by atoms with Crippen LogP contribution in [0.5, 0.6) is 0 Å². The molecule has 16 heavy (non-hydrogen) atoms. The Hall–Kier alpha value is -1.13. The molecule has 1 unspecified atom stereocenters. The number of aryl methyl sites for hydroxylation is 1. The summed E-state index contributed by atoms with van der Waals surface area (Å²) in [6.45, 7) is 2.97. The molecule has 0 aliphatic carbocycles. The number of imidazole rings is 1. The first-order valence-electron chi connectivity index (χ1n) is 5.24. The maximum Gasteiger partial charge on any atom is 0.130 e. The number of rotatable bonds is 3. The van der Waals surface area contributed by atoms with Crippen molar-refractivity contribution < 1.29 is 0 Å². The summed E-state index contributed by atoms with van der Waals surface area (Å²) in [5, 5.41) is 0. The Morgan fingerprint density at radius 3 is 2.69 bits per heavy atom. The highest BCUT2D eigenvalue weighted by Crippen LogP contribution is 2.20. The quantitative estimate of drug-likeness (QED) is 0.939. The van der Waals surface area contributed by atoms with Crippen LogP contribution in [0.25, 0.3) is 0 Å². The van der Waals surface area contributed by atoms with Crippen LogP contribution in [0.4, 0.5) is 0 Å². The maximum absolute atomic E-state index is 6.19. The van der Waals surface area contributed by atoms with Gasteiger partial charge in [0, 0.05) is 23.4 Å². The molecule has 2 N–H and O–H groups in total. The summed E-state index contributed by atoms with van der Waals surface area (Å²) in [6.07, 6.45) is 3.74. The van der Waals surface area contributed by atoms with Crippen LogP contribution in [-0.4, -0.2) is 9.55 Å². The van der Waals surface area contributed by atoms with Crippen LogP contribution in [0.15, 0.2) is 41.1 Å². The van der Waals surface area contributed by atoms with Gasteiger partial charge in [0.2, 0.25) is 0 Å². The van der Waals surface area contributed by atoms with Gasteiger partial charge in [-0.3, -0.25) is 0 Å². The van der Waals surface area contributed by atoms with Crippen molar-refractivity contribution in [3.05, 3.63) is 52.5 Å². The van der Waals surface area contributed by atoms with E-state index in [1.165, 1.54) is 0 Å². The van der Waals surface area contributed by atoms with Gasteiger partial charge >= 0.3 is 0 Å². The van der Waals surface area contributed by atoms with E-state index in [1.54, 1.807) is 6.20 Å². The molecule has 0 amide bonds. The third-order valence-electron chi connectivity index (χ3n) is 2.60. The average Bonchev–Trinajstić information content (AvgIpc) is 2.77. The normalized spacial score (nSPS) is 12.7. The first kappa shape index (κ1) is 11.4. The summed E-state index contributed by atoms with van der Waals surface area (Å²) >= 11 is 3.41. The highest BCUT2D eigenvalue weighted by atomic mass is 79.9. The molecule has 0 fully saturated rings. The second kappa shape index (κ2) is 4.80. The number of hydrogen-bond donors (Lipinski definition) is 1. The minimum atomic E-state index is -0.164. The van der Waals surface area contributed by atoms with E-state index in [0.717, 1.165) is 22.4 Å². The first-order chi connectivity index (χ1) is 7.72. The Morgan fingerprint density at radius 1 is 1.38 bits per heavy atom. The van der Waals surface area contributed by atoms with Crippen LogP contribution in [0.2, 0.25) is 0 Å². The summed E-state index contributed by atoms with van der Waals surface area (Å²) in [4.78, 5) is 4.31. The molecule has 2 aromatic rings. The van der Waals surface area contributed by atoms with E-state index in [-0.39, 0.29) is 6.04 Å². The fourth-order valence-corrected chi connectivity index (χ4v) is 1.95. The monoisotopic (exact) mass is 279 g/mol. The van der Waals surface area contributed by atoms with Gasteiger partial charge in [-0.2, -0.15) is 0 Å². The molecule has 2 rings (SSSR count). The maximum atomic E-state index is 6.19. The molecule has 1 aromatic heterocycles. The van der Waals surface area contributed by atoms with Gasteiger partial charge in [0.05, 0.1) is 6.04 Å². The SMILES string of the molecule is CCn1ccnc1C(N)c1ccc(Br)cc1. The highest BCUT2D eigenvalue weighted by Gasteiger charge is 2.13. The van der Waals surface area contributed by atoms with Crippen LogP contribution in [-0.2, 0) is 6.54 Å². The third-order valence-corrected chi connectivity index (χ3v) is 3.12. The second-order valence-corrected chi connectivity index (χ2v) is 4.52. The Kier molecular flexibility index (Phi) is 3.41. The fourth-order valence-electron chi connectivity index (χ4n) is 1.69. The van der Waals surface area contributed by atoms with Crippen LogP contribution in [0, 0.1) is 0 Å². The first-order valence-corrected chi connectivity index (χ1v) is 6.03. The van der Waals surface area contributed by atoms with Gasteiger partial charge in [-0.05, 0) is 24.6 Å². The Labute approximate surface area is 103 Å². The van der Waals surface area contributed by atoms with Gasteiger partial charge in [0.15, 0.2) is 0 Å². The van der Waals surface area contributed by atoms with Gasteiger partial charge in [-0.15, -0.1) is 0 Å². The molecule has 0 radical (unpaired) electrons. The molecule has 0 bridgehead atoms. The lowest BCUT2D eigenvalue weighted by Gasteiger charge is -2.13. The molecule has 1 heterocycles. The lowest BCUT2D eigenvalue weighted by Crippen LogP contribution is -2.17. The van der Waals surface area contributed by atoms with Gasteiger partial charge in [0.1, 0.15) is 5.82 Å². The van der Waals surface area contributed by atoms with Gasteiger partial charge in [-0.25, -0.2) is 4.98 Å². The van der Waals surface area contributed by atoms with Gasteiger partial charge < -0.3 is 10.3 Å². The predicted molar refractivity (Wildman–Crippen MR) is 68.1 cm³/mol. The lowest BCUT2D eigenvalue weighted by molar-refractivity contribution is 0.656. The molecule has 0 saturated carbocycles. The topological polar surface area (TPSA) is 43.8 Å². The molecule has 4 heteroatoms. The Balaban J connectivity index is 2.31. The largest absolute Gasteiger partial charge is 0.334 e. The summed E-state index contributed by atoms with van der Waals surface area (Å²) in [5.41, 5.74) is 7.26. The van der Waals surface area contributed by atoms with Crippen molar-refractivity contribution in [2.45, 2.75) is 19.5 Å². The van der Waals surface area contributed by atoms with Crippen molar-refractivity contribution in [2.75, 3.05) is 0 Å². The van der Waals surface area contributed by atoms with Crippen molar-refractivity contribution in [3.8, 4) is 0 Å². The molecule has 1 atom stereocenters. The summed E-state index contributed by atoms with van der Waals surface area (Å²) < 4.78 is 3.12. The minimum Gasteiger partial charge on any atom is -0.334 e. The van der Waals surface area contributed by atoms with Crippen LogP contribution in [0.1, 0.15) is 24.4 Å². The van der Waals surface area contributed by atoms with Crippen molar-refractivity contribution in [3.63, 3.8) is 0 Å². The van der Waals surface area contributed by atoms with Crippen molar-refractivity contribution in [2.24, 2.45) is 5.73 Å². The zero-order valence-corrected chi connectivity index (χ0v) is 10.7. The van der Waals surface area contributed by atoms with Crippen LogP contribution >= 0.6 is 15.9 Å². The number of aromatic nitrogens is 2. The fraction of sp³-hybridized carbons (Fsp3) is 0.250. The highest BCUT2D eigenvalue weighted by molar-refractivity contribution is 9.10. The zero-order valence-electron chi connectivity index (χ0n) is 9.10. The molecule has 0 spiro atoms. The predicted octanol–water partition coefficient (Wildman–Crippen LogP) is 2.71. The molecular weight excluding hydrogens is 266 g/mol. The number of halogens is 1. The van der Waals surface area contributed by atoms with Crippen molar-refractivity contribution >= 4 is 15.9 Å². The van der Waals surface area contributed by atoms with Gasteiger partial charge in [-0.1, -0.05) is 28.1 Å². The van der Waals surface area contributed by atoms with Crippen LogP contribution < -0.4 is 5.73 Å².